The molecule has 21 heavy (non-hydrogen) atoms. The summed E-state index contributed by atoms with van der Waals surface area (Å²) in [6.45, 7) is 0. The molecule has 0 aliphatic carbocycles. The summed E-state index contributed by atoms with van der Waals surface area (Å²) >= 11 is 1.40. The largest absolute Gasteiger partial charge is 0.497 e. The zero-order valence-corrected chi connectivity index (χ0v) is 12.0. The van der Waals surface area contributed by atoms with Gasteiger partial charge >= 0.3 is 0 Å². The summed E-state index contributed by atoms with van der Waals surface area (Å²) in [6.07, 6.45) is 0. The van der Waals surface area contributed by atoms with Crippen LogP contribution in [0.15, 0.2) is 36.4 Å². The number of nitrogens with two attached hydrogens (primary N) is 1. The fourth-order valence-corrected chi connectivity index (χ4v) is 2.76. The molecule has 0 amide bonds. The van der Waals surface area contributed by atoms with Crippen LogP contribution in [0.5, 0.6) is 16.7 Å². The Morgan fingerprint density at radius 1 is 1.19 bits per heavy atom. The van der Waals surface area contributed by atoms with Gasteiger partial charge < -0.3 is 15.2 Å². The van der Waals surface area contributed by atoms with Gasteiger partial charge in [-0.2, -0.15) is 5.26 Å². The molecule has 104 valence electrons. The summed E-state index contributed by atoms with van der Waals surface area (Å²) in [6, 6.07) is 12.6. The monoisotopic (exact) mass is 297 g/mol. The highest BCUT2D eigenvalue weighted by atomic mass is 32.1. The lowest BCUT2D eigenvalue weighted by Gasteiger charge is -2.05. The highest BCUT2D eigenvalue weighted by Gasteiger charge is 2.08. The lowest BCUT2D eigenvalue weighted by atomic mass is 10.2. The molecule has 1 aromatic heterocycles. The Morgan fingerprint density at radius 2 is 2.00 bits per heavy atom. The molecule has 0 unspecified atom stereocenters. The van der Waals surface area contributed by atoms with Gasteiger partial charge in [0, 0.05) is 11.8 Å². The SMILES string of the molecule is COc1cc(C#N)cc(Oc2nc3ccc(N)cc3s2)c1. The predicted molar refractivity (Wildman–Crippen MR) is 81.8 cm³/mol. The van der Waals surface area contributed by atoms with Gasteiger partial charge in [0.05, 0.1) is 29.0 Å². The Kier molecular flexibility index (Phi) is 3.34. The molecule has 0 saturated carbocycles. The third-order valence-corrected chi connectivity index (χ3v) is 3.74. The minimum Gasteiger partial charge on any atom is -0.497 e. The van der Waals surface area contributed by atoms with Gasteiger partial charge in [0.2, 0.25) is 0 Å². The van der Waals surface area contributed by atoms with E-state index in [1.165, 1.54) is 11.3 Å². The van der Waals surface area contributed by atoms with E-state index in [1.807, 2.05) is 12.1 Å². The van der Waals surface area contributed by atoms with E-state index in [4.69, 9.17) is 20.5 Å². The van der Waals surface area contributed by atoms with E-state index in [0.29, 0.717) is 27.9 Å². The van der Waals surface area contributed by atoms with Crippen LogP contribution in [0, 0.1) is 11.3 Å². The van der Waals surface area contributed by atoms with Crippen LogP contribution in [0.4, 0.5) is 5.69 Å². The normalized spacial score (nSPS) is 10.3. The van der Waals surface area contributed by atoms with Gasteiger partial charge in [0.25, 0.3) is 5.19 Å². The molecule has 3 rings (SSSR count). The summed E-state index contributed by atoms with van der Waals surface area (Å²) < 4.78 is 11.8. The number of methoxy groups -OCH3 is 1. The van der Waals surface area contributed by atoms with E-state index in [1.54, 1.807) is 31.4 Å². The molecule has 2 aromatic carbocycles. The highest BCUT2D eigenvalue weighted by molar-refractivity contribution is 7.20. The number of nitrogens with zero attached hydrogens (tertiary/aromatic N) is 2. The molecular weight excluding hydrogens is 286 g/mol. The van der Waals surface area contributed by atoms with Crippen LogP contribution in [0.2, 0.25) is 0 Å². The maximum atomic E-state index is 9.00. The predicted octanol–water partition coefficient (Wildman–Crippen LogP) is 3.55. The molecule has 3 aromatic rings. The lowest BCUT2D eigenvalue weighted by Crippen LogP contribution is -1.88. The maximum absolute atomic E-state index is 9.00. The van der Waals surface area contributed by atoms with Crippen LogP contribution >= 0.6 is 11.3 Å². The number of rotatable bonds is 3. The van der Waals surface area contributed by atoms with E-state index >= 15 is 0 Å². The first-order valence-corrected chi connectivity index (χ1v) is 6.92. The van der Waals surface area contributed by atoms with E-state index in [-0.39, 0.29) is 0 Å². The summed E-state index contributed by atoms with van der Waals surface area (Å²) in [7, 11) is 1.54. The lowest BCUT2D eigenvalue weighted by molar-refractivity contribution is 0.408. The molecule has 5 nitrogen and oxygen atoms in total. The standard InChI is InChI=1S/C15H11N3O2S/c1-19-11-4-9(8-16)5-12(7-11)20-15-18-13-3-2-10(17)6-14(13)21-15/h2-7H,17H2,1H3. The number of ether oxygens (including phenoxy) is 2. The number of nitrogen functional groups attached to an aromatic ring is 1. The quantitative estimate of drug-likeness (QED) is 0.748. The molecule has 0 fully saturated rings. The van der Waals surface area contributed by atoms with Crippen LogP contribution in [-0.4, -0.2) is 12.1 Å². The molecule has 0 bridgehead atoms. The summed E-state index contributed by atoms with van der Waals surface area (Å²) in [5.74, 6) is 1.08. The van der Waals surface area contributed by atoms with Crippen LogP contribution < -0.4 is 15.2 Å². The van der Waals surface area contributed by atoms with Gasteiger partial charge in [0.15, 0.2) is 0 Å². The summed E-state index contributed by atoms with van der Waals surface area (Å²) in [5, 5.41) is 9.50. The Balaban J connectivity index is 1.96. The fourth-order valence-electron chi connectivity index (χ4n) is 1.88. The van der Waals surface area contributed by atoms with Crippen molar-refractivity contribution in [3.05, 3.63) is 42.0 Å². The molecule has 0 radical (unpaired) electrons. The van der Waals surface area contributed by atoms with Crippen LogP contribution in [0.1, 0.15) is 5.56 Å². The number of anilines is 1. The maximum Gasteiger partial charge on any atom is 0.279 e. The van der Waals surface area contributed by atoms with E-state index in [2.05, 4.69) is 11.1 Å². The molecule has 1 heterocycles. The van der Waals surface area contributed by atoms with E-state index in [9.17, 15) is 0 Å². The fraction of sp³-hybridized carbons (Fsp3) is 0.0667. The van der Waals surface area contributed by atoms with Gasteiger partial charge in [-0.1, -0.05) is 11.3 Å². The Labute approximate surface area is 125 Å². The average Bonchev–Trinajstić information content (AvgIpc) is 2.87. The van der Waals surface area contributed by atoms with Crippen molar-refractivity contribution in [3.63, 3.8) is 0 Å². The molecule has 6 heteroatoms. The van der Waals surface area contributed by atoms with E-state index in [0.717, 1.165) is 10.2 Å². The molecule has 0 spiro atoms. The van der Waals surface area contributed by atoms with Crippen molar-refractivity contribution in [1.29, 1.82) is 5.26 Å². The number of nitriles is 1. The second-order valence-electron chi connectivity index (χ2n) is 4.32. The number of fused-ring (bicyclic) bond motifs is 1. The third-order valence-electron chi connectivity index (χ3n) is 2.84. The van der Waals surface area contributed by atoms with Crippen LogP contribution in [0.25, 0.3) is 10.2 Å². The third kappa shape index (κ3) is 2.73. The van der Waals surface area contributed by atoms with Gasteiger partial charge in [-0.25, -0.2) is 4.98 Å². The molecule has 0 aliphatic heterocycles. The average molecular weight is 297 g/mol. The van der Waals surface area contributed by atoms with Gasteiger partial charge in [-0.05, 0) is 30.3 Å². The van der Waals surface area contributed by atoms with Gasteiger partial charge in [-0.3, -0.25) is 0 Å². The Morgan fingerprint density at radius 3 is 2.76 bits per heavy atom. The zero-order valence-electron chi connectivity index (χ0n) is 11.2. The van der Waals surface area contributed by atoms with Crippen molar-refractivity contribution in [1.82, 2.24) is 4.98 Å². The van der Waals surface area contributed by atoms with Crippen LogP contribution in [-0.2, 0) is 0 Å². The van der Waals surface area contributed by atoms with Crippen molar-refractivity contribution in [2.75, 3.05) is 12.8 Å². The first-order chi connectivity index (χ1) is 10.2. The van der Waals surface area contributed by atoms with Crippen molar-refractivity contribution >= 4 is 27.2 Å². The topological polar surface area (TPSA) is 81.2 Å². The van der Waals surface area contributed by atoms with Crippen LogP contribution in [0.3, 0.4) is 0 Å². The molecule has 0 aliphatic rings. The Bertz CT molecular complexity index is 852. The first kappa shape index (κ1) is 13.2. The second kappa shape index (κ2) is 5.31. The number of hydrogen-bond acceptors (Lipinski definition) is 6. The molecule has 0 atom stereocenters. The number of hydrogen-bond donors (Lipinski definition) is 1. The van der Waals surface area contributed by atoms with Gasteiger partial charge in [-0.15, -0.1) is 0 Å². The van der Waals surface area contributed by atoms with Crippen molar-refractivity contribution in [2.45, 2.75) is 0 Å². The summed E-state index contributed by atoms with van der Waals surface area (Å²) in [4.78, 5) is 4.38. The second-order valence-corrected chi connectivity index (χ2v) is 5.31. The van der Waals surface area contributed by atoms with Crippen molar-refractivity contribution in [3.8, 4) is 22.8 Å². The molecular formula is C15H11N3O2S. The number of aromatic nitrogens is 1. The molecule has 0 saturated heterocycles. The van der Waals surface area contributed by atoms with Crippen molar-refractivity contribution < 1.29 is 9.47 Å². The van der Waals surface area contributed by atoms with Crippen molar-refractivity contribution in [2.24, 2.45) is 0 Å². The Hall–Kier alpha value is -2.78. The number of benzene rings is 2. The smallest absolute Gasteiger partial charge is 0.279 e. The molecule has 2 N–H and O–H groups in total. The first-order valence-electron chi connectivity index (χ1n) is 6.11. The van der Waals surface area contributed by atoms with E-state index < -0.39 is 0 Å². The number of thiazole rings is 1. The zero-order chi connectivity index (χ0) is 14.8. The van der Waals surface area contributed by atoms with Gasteiger partial charge in [0.1, 0.15) is 11.5 Å². The highest BCUT2D eigenvalue weighted by Crippen LogP contribution is 2.33. The minimum absolute atomic E-state index is 0.467. The summed E-state index contributed by atoms with van der Waals surface area (Å²) in [5.41, 5.74) is 7.73. The minimum atomic E-state index is 0.467.